The lowest BCUT2D eigenvalue weighted by Gasteiger charge is -2.12. The topological polar surface area (TPSA) is 97.2 Å². The minimum atomic E-state index is -0.200. The highest BCUT2D eigenvalue weighted by Gasteiger charge is 2.18. The van der Waals surface area contributed by atoms with Crippen molar-refractivity contribution in [3.05, 3.63) is 71.5 Å². The van der Waals surface area contributed by atoms with Crippen LogP contribution in [0.3, 0.4) is 0 Å². The summed E-state index contributed by atoms with van der Waals surface area (Å²) in [5.41, 5.74) is 6.22. The summed E-state index contributed by atoms with van der Waals surface area (Å²) in [6.45, 7) is 3.77. The van der Waals surface area contributed by atoms with Gasteiger partial charge in [0.25, 0.3) is 5.91 Å². The number of aryl methyl sites for hydroxylation is 2. The van der Waals surface area contributed by atoms with E-state index in [9.17, 15) is 4.79 Å². The van der Waals surface area contributed by atoms with Gasteiger partial charge in [0.1, 0.15) is 11.4 Å². The predicted octanol–water partition coefficient (Wildman–Crippen LogP) is 4.15. The molecule has 8 heteroatoms. The molecule has 154 valence electrons. The number of hydrogen-bond donors (Lipinski definition) is 2. The van der Waals surface area contributed by atoms with Crippen LogP contribution in [0, 0.1) is 13.8 Å². The Hall–Kier alpha value is -4.20. The first-order valence-corrected chi connectivity index (χ1v) is 9.80. The van der Waals surface area contributed by atoms with Crippen molar-refractivity contribution in [2.75, 3.05) is 12.4 Å². The van der Waals surface area contributed by atoms with Crippen LogP contribution in [-0.2, 0) is 0 Å². The van der Waals surface area contributed by atoms with Crippen molar-refractivity contribution in [2.24, 2.45) is 0 Å². The maximum atomic E-state index is 13.1. The van der Waals surface area contributed by atoms with Crippen molar-refractivity contribution >= 4 is 28.0 Å². The Morgan fingerprint density at radius 2 is 1.97 bits per heavy atom. The van der Waals surface area contributed by atoms with Crippen LogP contribution in [0.25, 0.3) is 27.7 Å². The number of benzene rings is 2. The molecular weight excluding hydrogens is 392 g/mol. The number of fused-ring (bicyclic) bond motifs is 2. The van der Waals surface area contributed by atoms with Crippen molar-refractivity contribution < 1.29 is 9.53 Å². The summed E-state index contributed by atoms with van der Waals surface area (Å²) in [4.78, 5) is 13.1. The third kappa shape index (κ3) is 3.09. The zero-order chi connectivity index (χ0) is 21.5. The summed E-state index contributed by atoms with van der Waals surface area (Å²) < 4.78 is 7.16. The second-order valence-electron chi connectivity index (χ2n) is 7.35. The van der Waals surface area contributed by atoms with Gasteiger partial charge in [0.2, 0.25) is 0 Å². The number of pyridine rings is 1. The van der Waals surface area contributed by atoms with E-state index in [4.69, 9.17) is 4.74 Å². The van der Waals surface area contributed by atoms with Gasteiger partial charge in [-0.25, -0.2) is 4.52 Å². The number of para-hydroxylation sites is 1. The van der Waals surface area contributed by atoms with E-state index in [1.807, 2.05) is 62.4 Å². The maximum Gasteiger partial charge on any atom is 0.257 e. The number of anilines is 1. The molecule has 0 aliphatic rings. The molecule has 0 aliphatic carbocycles. The van der Waals surface area contributed by atoms with Crippen molar-refractivity contribution in [1.29, 1.82) is 0 Å². The Morgan fingerprint density at radius 1 is 1.13 bits per heavy atom. The smallest absolute Gasteiger partial charge is 0.257 e. The molecule has 0 atom stereocenters. The number of aromatic amines is 1. The van der Waals surface area contributed by atoms with Gasteiger partial charge < -0.3 is 10.1 Å². The number of amides is 1. The van der Waals surface area contributed by atoms with Crippen LogP contribution < -0.4 is 10.1 Å². The molecular formula is C23H20N6O2. The average Bonchev–Trinajstić information content (AvgIpc) is 3.40. The first-order chi connectivity index (χ1) is 15.1. The van der Waals surface area contributed by atoms with Gasteiger partial charge in [-0.3, -0.25) is 9.89 Å². The predicted molar refractivity (Wildman–Crippen MR) is 118 cm³/mol. The zero-order valence-electron chi connectivity index (χ0n) is 17.3. The molecule has 0 saturated carbocycles. The molecule has 0 spiro atoms. The highest BCUT2D eigenvalue weighted by molar-refractivity contribution is 6.07. The number of nitrogens with one attached hydrogen (secondary N) is 2. The number of nitrogens with zero attached hydrogens (tertiary/aromatic N) is 4. The van der Waals surface area contributed by atoms with Gasteiger partial charge in [-0.15, -0.1) is 5.10 Å². The van der Waals surface area contributed by atoms with E-state index in [-0.39, 0.29) is 5.91 Å². The molecule has 0 aliphatic heterocycles. The molecule has 5 rings (SSSR count). The molecule has 0 saturated heterocycles. The standard InChI is InChI=1S/C23H20N6O2/c1-13-10-16-12-24-28-29(16)14(2)21(13)23(30)25-15-8-9-19-18(11-15)22(27-26-19)17-6-4-5-7-20(17)31-3/h4-12H,1-3H3,(H,25,30)(H,26,27). The summed E-state index contributed by atoms with van der Waals surface area (Å²) in [6.07, 6.45) is 1.67. The van der Waals surface area contributed by atoms with Crippen molar-refractivity contribution in [3.63, 3.8) is 0 Å². The Morgan fingerprint density at radius 3 is 2.81 bits per heavy atom. The Kier molecular flexibility index (Phi) is 4.39. The molecule has 0 radical (unpaired) electrons. The van der Waals surface area contributed by atoms with Gasteiger partial charge in [0.15, 0.2) is 0 Å². The quantitative estimate of drug-likeness (QED) is 0.462. The molecule has 5 aromatic rings. The van der Waals surface area contributed by atoms with Gasteiger partial charge in [0.05, 0.1) is 35.6 Å². The second-order valence-corrected chi connectivity index (χ2v) is 7.35. The fourth-order valence-electron chi connectivity index (χ4n) is 3.96. The highest BCUT2D eigenvalue weighted by atomic mass is 16.5. The molecule has 8 nitrogen and oxygen atoms in total. The average molecular weight is 412 g/mol. The second kappa shape index (κ2) is 7.24. The summed E-state index contributed by atoms with van der Waals surface area (Å²) in [5, 5.41) is 19.4. The SMILES string of the molecule is COc1ccccc1-c1n[nH]c2ccc(NC(=O)c3c(C)cc4cnnn4c3C)cc12. The van der Waals surface area contributed by atoms with E-state index in [1.165, 1.54) is 0 Å². The number of carbonyl (C=O) groups is 1. The van der Waals surface area contributed by atoms with E-state index >= 15 is 0 Å². The summed E-state index contributed by atoms with van der Waals surface area (Å²) in [5.74, 6) is 0.534. The number of methoxy groups -OCH3 is 1. The van der Waals surface area contributed by atoms with Crippen LogP contribution in [-0.4, -0.2) is 38.0 Å². The fraction of sp³-hybridized carbons (Fsp3) is 0.130. The zero-order valence-corrected chi connectivity index (χ0v) is 17.3. The number of H-pyrrole nitrogens is 1. The largest absolute Gasteiger partial charge is 0.496 e. The van der Waals surface area contributed by atoms with E-state index < -0.39 is 0 Å². The number of carbonyl (C=O) groups excluding carboxylic acids is 1. The van der Waals surface area contributed by atoms with Crippen LogP contribution in [0.1, 0.15) is 21.6 Å². The van der Waals surface area contributed by atoms with E-state index in [1.54, 1.807) is 17.8 Å². The first kappa shape index (κ1) is 18.8. The third-order valence-corrected chi connectivity index (χ3v) is 5.42. The van der Waals surface area contributed by atoms with Crippen LogP contribution in [0.4, 0.5) is 5.69 Å². The Bertz CT molecular complexity index is 1450. The fourth-order valence-corrected chi connectivity index (χ4v) is 3.96. The van der Waals surface area contributed by atoms with Crippen molar-refractivity contribution in [2.45, 2.75) is 13.8 Å². The van der Waals surface area contributed by atoms with Crippen LogP contribution in [0.5, 0.6) is 5.75 Å². The number of ether oxygens (including phenoxy) is 1. The lowest BCUT2D eigenvalue weighted by molar-refractivity contribution is 0.102. The summed E-state index contributed by atoms with van der Waals surface area (Å²) in [6, 6.07) is 15.3. The van der Waals surface area contributed by atoms with Crippen molar-refractivity contribution in [3.8, 4) is 17.0 Å². The molecule has 1 amide bonds. The number of rotatable bonds is 4. The van der Waals surface area contributed by atoms with Crippen LogP contribution >= 0.6 is 0 Å². The maximum absolute atomic E-state index is 13.1. The molecule has 3 heterocycles. The lowest BCUT2D eigenvalue weighted by atomic mass is 10.1. The molecule has 0 unspecified atom stereocenters. The van der Waals surface area contributed by atoms with Crippen LogP contribution in [0.15, 0.2) is 54.7 Å². The third-order valence-electron chi connectivity index (χ3n) is 5.42. The number of aromatic nitrogens is 5. The molecule has 2 N–H and O–H groups in total. The Balaban J connectivity index is 1.54. The minimum Gasteiger partial charge on any atom is -0.496 e. The Labute approximate surface area is 177 Å². The van der Waals surface area contributed by atoms with Crippen LogP contribution in [0.2, 0.25) is 0 Å². The van der Waals surface area contributed by atoms with Gasteiger partial charge in [0, 0.05) is 16.6 Å². The van der Waals surface area contributed by atoms with E-state index in [0.29, 0.717) is 11.3 Å². The van der Waals surface area contributed by atoms with Crippen molar-refractivity contribution in [1.82, 2.24) is 25.0 Å². The minimum absolute atomic E-state index is 0.200. The highest BCUT2D eigenvalue weighted by Crippen LogP contribution is 2.34. The molecule has 0 fully saturated rings. The summed E-state index contributed by atoms with van der Waals surface area (Å²) in [7, 11) is 1.63. The lowest BCUT2D eigenvalue weighted by Crippen LogP contribution is -2.17. The molecule has 3 aromatic heterocycles. The molecule has 2 aromatic carbocycles. The van der Waals surface area contributed by atoms with E-state index in [0.717, 1.165) is 44.7 Å². The number of hydrogen-bond acceptors (Lipinski definition) is 5. The van der Waals surface area contributed by atoms with Gasteiger partial charge in [-0.05, 0) is 55.8 Å². The molecule has 0 bridgehead atoms. The van der Waals surface area contributed by atoms with Gasteiger partial charge >= 0.3 is 0 Å². The monoisotopic (exact) mass is 412 g/mol. The summed E-state index contributed by atoms with van der Waals surface area (Å²) >= 11 is 0. The van der Waals surface area contributed by atoms with Gasteiger partial charge in [-0.1, -0.05) is 17.3 Å². The first-order valence-electron chi connectivity index (χ1n) is 9.80. The normalized spacial score (nSPS) is 11.2. The molecule has 31 heavy (non-hydrogen) atoms. The van der Waals surface area contributed by atoms with E-state index in [2.05, 4.69) is 25.8 Å². The van der Waals surface area contributed by atoms with Gasteiger partial charge in [-0.2, -0.15) is 5.10 Å².